The molecule has 0 spiro atoms. The summed E-state index contributed by atoms with van der Waals surface area (Å²) in [7, 11) is 0. The molecule has 0 radical (unpaired) electrons. The van der Waals surface area contributed by atoms with Gasteiger partial charge in [0.2, 0.25) is 0 Å². The Morgan fingerprint density at radius 2 is 2.14 bits per heavy atom. The average Bonchev–Trinajstić information content (AvgIpc) is 2.49. The van der Waals surface area contributed by atoms with Gasteiger partial charge in [-0.05, 0) is 36.2 Å². The Hall–Kier alpha value is -2.40. The summed E-state index contributed by atoms with van der Waals surface area (Å²) in [6, 6.07) is 11.6. The van der Waals surface area contributed by atoms with E-state index in [4.69, 9.17) is 16.4 Å². The highest BCUT2D eigenvalue weighted by atomic mass is 35.5. The molecular formula is C16H14ClFN2O2. The first-order valence-corrected chi connectivity index (χ1v) is 6.90. The van der Waals surface area contributed by atoms with Gasteiger partial charge >= 0.3 is 0 Å². The Morgan fingerprint density at radius 3 is 2.86 bits per heavy atom. The molecule has 2 aromatic carbocycles. The summed E-state index contributed by atoms with van der Waals surface area (Å²) in [5, 5.41) is 6.22. The van der Waals surface area contributed by atoms with Crippen LogP contribution in [0.1, 0.15) is 11.1 Å². The normalized spacial score (nSPS) is 10.7. The maximum Gasteiger partial charge on any atom is 0.265 e. The maximum absolute atomic E-state index is 13.0. The Balaban J connectivity index is 1.83. The molecule has 0 aliphatic carbocycles. The van der Waals surface area contributed by atoms with E-state index in [1.807, 2.05) is 31.2 Å². The van der Waals surface area contributed by atoms with Crippen LogP contribution in [0.5, 0.6) is 0 Å². The van der Waals surface area contributed by atoms with Crippen molar-refractivity contribution in [2.75, 3.05) is 11.9 Å². The van der Waals surface area contributed by atoms with Crippen molar-refractivity contribution in [1.82, 2.24) is 0 Å². The molecule has 0 saturated carbocycles. The monoisotopic (exact) mass is 320 g/mol. The molecule has 0 heterocycles. The van der Waals surface area contributed by atoms with Gasteiger partial charge in [-0.3, -0.25) is 4.79 Å². The standard InChI is InChI=1S/C16H14ClFN2O2/c1-11-4-2-3-5-12(11)9-19-22-10-16(21)20-13-6-7-15(18)14(17)8-13/h2-9H,10H2,1H3,(H,20,21)/b19-9-. The molecule has 22 heavy (non-hydrogen) atoms. The van der Waals surface area contributed by atoms with Crippen LogP contribution >= 0.6 is 11.6 Å². The molecule has 1 amide bonds. The molecule has 0 atom stereocenters. The van der Waals surface area contributed by atoms with Gasteiger partial charge in [-0.1, -0.05) is 41.0 Å². The zero-order valence-corrected chi connectivity index (χ0v) is 12.6. The highest BCUT2D eigenvalue weighted by Gasteiger charge is 2.05. The Labute approximate surface area is 132 Å². The molecule has 4 nitrogen and oxygen atoms in total. The molecule has 2 rings (SSSR count). The van der Waals surface area contributed by atoms with Gasteiger partial charge in [0, 0.05) is 5.69 Å². The molecule has 0 aromatic heterocycles. The molecule has 114 valence electrons. The van der Waals surface area contributed by atoms with Crippen molar-refractivity contribution in [3.8, 4) is 0 Å². The summed E-state index contributed by atoms with van der Waals surface area (Å²) < 4.78 is 13.0. The van der Waals surface area contributed by atoms with Crippen LogP contribution in [0.3, 0.4) is 0 Å². The predicted molar refractivity (Wildman–Crippen MR) is 84.8 cm³/mol. The van der Waals surface area contributed by atoms with Crippen molar-refractivity contribution in [3.05, 3.63) is 64.4 Å². The van der Waals surface area contributed by atoms with Gasteiger partial charge in [0.1, 0.15) is 5.82 Å². The summed E-state index contributed by atoms with van der Waals surface area (Å²) in [6.07, 6.45) is 1.54. The first-order valence-electron chi connectivity index (χ1n) is 6.52. The van der Waals surface area contributed by atoms with Crippen molar-refractivity contribution in [1.29, 1.82) is 0 Å². The number of rotatable bonds is 5. The van der Waals surface area contributed by atoms with E-state index in [0.717, 1.165) is 11.1 Å². The molecule has 0 aliphatic heterocycles. The van der Waals surface area contributed by atoms with Crippen LogP contribution in [0.4, 0.5) is 10.1 Å². The van der Waals surface area contributed by atoms with Crippen molar-refractivity contribution in [3.63, 3.8) is 0 Å². The van der Waals surface area contributed by atoms with Crippen molar-refractivity contribution in [2.24, 2.45) is 5.16 Å². The number of amides is 1. The van der Waals surface area contributed by atoms with Crippen LogP contribution in [0.25, 0.3) is 0 Å². The number of aryl methyl sites for hydroxylation is 1. The number of halogens is 2. The number of carbonyl (C=O) groups excluding carboxylic acids is 1. The highest BCUT2D eigenvalue weighted by Crippen LogP contribution is 2.19. The molecule has 6 heteroatoms. The number of carbonyl (C=O) groups is 1. The number of hydrogen-bond acceptors (Lipinski definition) is 3. The number of hydrogen-bond donors (Lipinski definition) is 1. The molecule has 2 aromatic rings. The van der Waals surface area contributed by atoms with E-state index >= 15 is 0 Å². The molecule has 0 saturated heterocycles. The topological polar surface area (TPSA) is 50.7 Å². The van der Waals surface area contributed by atoms with Crippen LogP contribution < -0.4 is 5.32 Å². The molecule has 0 bridgehead atoms. The molecule has 0 aliphatic rings. The van der Waals surface area contributed by atoms with Gasteiger partial charge in [0.25, 0.3) is 5.91 Å². The molecule has 0 unspecified atom stereocenters. The van der Waals surface area contributed by atoms with Gasteiger partial charge in [-0.25, -0.2) is 4.39 Å². The van der Waals surface area contributed by atoms with Gasteiger partial charge in [-0.2, -0.15) is 0 Å². The minimum atomic E-state index is -0.543. The second-order valence-corrected chi connectivity index (χ2v) is 4.95. The van der Waals surface area contributed by atoms with Crippen molar-refractivity contribution < 1.29 is 14.0 Å². The highest BCUT2D eigenvalue weighted by molar-refractivity contribution is 6.31. The lowest BCUT2D eigenvalue weighted by atomic mass is 10.1. The fourth-order valence-corrected chi connectivity index (χ4v) is 1.87. The third kappa shape index (κ3) is 4.56. The largest absolute Gasteiger partial charge is 0.386 e. The lowest BCUT2D eigenvalue weighted by molar-refractivity contribution is -0.120. The van der Waals surface area contributed by atoms with Crippen LogP contribution in [-0.4, -0.2) is 18.7 Å². The summed E-state index contributed by atoms with van der Waals surface area (Å²) in [5.41, 5.74) is 2.36. The zero-order chi connectivity index (χ0) is 15.9. The fourth-order valence-electron chi connectivity index (χ4n) is 1.69. The average molecular weight is 321 g/mol. The minimum Gasteiger partial charge on any atom is -0.386 e. The third-order valence-corrected chi connectivity index (χ3v) is 3.14. The Morgan fingerprint density at radius 1 is 1.36 bits per heavy atom. The summed E-state index contributed by atoms with van der Waals surface area (Å²) in [4.78, 5) is 16.6. The van der Waals surface area contributed by atoms with E-state index in [9.17, 15) is 9.18 Å². The smallest absolute Gasteiger partial charge is 0.265 e. The predicted octanol–water partition coefficient (Wildman–Crippen LogP) is 3.78. The quantitative estimate of drug-likeness (QED) is 0.673. The number of benzene rings is 2. The van der Waals surface area contributed by atoms with E-state index in [1.165, 1.54) is 24.4 Å². The van der Waals surface area contributed by atoms with E-state index in [1.54, 1.807) is 0 Å². The maximum atomic E-state index is 13.0. The number of anilines is 1. The van der Waals surface area contributed by atoms with Crippen molar-refractivity contribution >= 4 is 29.4 Å². The van der Waals surface area contributed by atoms with Crippen LogP contribution in [0.15, 0.2) is 47.6 Å². The van der Waals surface area contributed by atoms with Gasteiger partial charge in [0.05, 0.1) is 11.2 Å². The molecule has 1 N–H and O–H groups in total. The number of oxime groups is 1. The first kappa shape index (κ1) is 16.0. The summed E-state index contributed by atoms with van der Waals surface area (Å²) in [6.45, 7) is 1.70. The molecule has 0 fully saturated rings. The Kier molecular flexibility index (Phi) is 5.49. The lowest BCUT2D eigenvalue weighted by Gasteiger charge is -2.05. The van der Waals surface area contributed by atoms with E-state index in [2.05, 4.69) is 10.5 Å². The minimum absolute atomic E-state index is 0.0590. The van der Waals surface area contributed by atoms with Crippen LogP contribution in [0, 0.1) is 12.7 Å². The summed E-state index contributed by atoms with van der Waals surface area (Å²) in [5.74, 6) is -0.955. The second-order valence-electron chi connectivity index (χ2n) is 4.54. The number of nitrogens with one attached hydrogen (secondary N) is 1. The SMILES string of the molecule is Cc1ccccc1/C=N\OCC(=O)Nc1ccc(F)c(Cl)c1. The summed E-state index contributed by atoms with van der Waals surface area (Å²) >= 11 is 5.63. The van der Waals surface area contributed by atoms with E-state index in [-0.39, 0.29) is 11.6 Å². The second kappa shape index (κ2) is 7.56. The van der Waals surface area contributed by atoms with Gasteiger partial charge in [-0.15, -0.1) is 0 Å². The van der Waals surface area contributed by atoms with Crippen LogP contribution in [-0.2, 0) is 9.63 Å². The molecular weight excluding hydrogens is 307 g/mol. The fraction of sp³-hybridized carbons (Fsp3) is 0.125. The third-order valence-electron chi connectivity index (χ3n) is 2.85. The van der Waals surface area contributed by atoms with Gasteiger partial charge < -0.3 is 10.2 Å². The van der Waals surface area contributed by atoms with Crippen LogP contribution in [0.2, 0.25) is 5.02 Å². The van der Waals surface area contributed by atoms with Crippen molar-refractivity contribution in [2.45, 2.75) is 6.92 Å². The van der Waals surface area contributed by atoms with E-state index < -0.39 is 11.7 Å². The number of nitrogens with zero attached hydrogens (tertiary/aromatic N) is 1. The first-order chi connectivity index (χ1) is 10.6. The van der Waals surface area contributed by atoms with E-state index in [0.29, 0.717) is 5.69 Å². The zero-order valence-electron chi connectivity index (χ0n) is 11.8. The Bertz CT molecular complexity index is 704. The van der Waals surface area contributed by atoms with Gasteiger partial charge in [0.15, 0.2) is 6.61 Å². The lowest BCUT2D eigenvalue weighted by Crippen LogP contribution is -2.17.